The van der Waals surface area contributed by atoms with E-state index in [1.54, 1.807) is 13.0 Å². The van der Waals surface area contributed by atoms with Crippen LogP contribution in [0.15, 0.2) is 11.6 Å². The van der Waals surface area contributed by atoms with Gasteiger partial charge < -0.3 is 4.79 Å². The van der Waals surface area contributed by atoms with Crippen LogP contribution in [0.25, 0.3) is 0 Å². The van der Waals surface area contributed by atoms with E-state index in [0.717, 1.165) is 12.0 Å². The van der Waals surface area contributed by atoms with Crippen LogP contribution in [-0.2, 0) is 9.59 Å². The number of carbonyl (C=O) groups excluding carboxylic acids is 2. The van der Waals surface area contributed by atoms with Crippen LogP contribution in [-0.4, -0.2) is 11.6 Å². The first-order valence-corrected chi connectivity index (χ1v) is 4.27. The molecule has 0 aromatic rings. The Hall–Kier alpha value is -0.920. The first-order chi connectivity index (χ1) is 5.58. The molecule has 66 valence electrons. The predicted molar refractivity (Wildman–Crippen MR) is 46.8 cm³/mol. The molecule has 1 aliphatic rings. The Bertz CT molecular complexity index is 238. The fourth-order valence-corrected chi connectivity index (χ4v) is 1.76. The first kappa shape index (κ1) is 9.17. The molecule has 1 unspecified atom stereocenters. The second-order valence-electron chi connectivity index (χ2n) is 3.64. The topological polar surface area (TPSA) is 34.1 Å². The van der Waals surface area contributed by atoms with E-state index in [-0.39, 0.29) is 17.5 Å². The van der Waals surface area contributed by atoms with E-state index >= 15 is 0 Å². The van der Waals surface area contributed by atoms with E-state index in [0.29, 0.717) is 12.8 Å². The molecule has 1 aliphatic carbocycles. The molecule has 2 nitrogen and oxygen atoms in total. The molecule has 0 aromatic carbocycles. The Morgan fingerprint density at radius 2 is 2.25 bits per heavy atom. The van der Waals surface area contributed by atoms with Gasteiger partial charge in [-0.25, -0.2) is 0 Å². The van der Waals surface area contributed by atoms with Gasteiger partial charge in [-0.15, -0.1) is 0 Å². The van der Waals surface area contributed by atoms with Crippen molar-refractivity contribution in [3.63, 3.8) is 0 Å². The van der Waals surface area contributed by atoms with Crippen molar-refractivity contribution in [3.05, 3.63) is 11.6 Å². The highest BCUT2D eigenvalue weighted by atomic mass is 16.1. The average molecular weight is 166 g/mol. The van der Waals surface area contributed by atoms with Crippen molar-refractivity contribution in [1.29, 1.82) is 0 Å². The van der Waals surface area contributed by atoms with Crippen LogP contribution in [0.5, 0.6) is 0 Å². The standard InChI is InChI=1S/C10H14O2/c1-7-3-9(5-8(2)11)6-10(12)4-7/h4,9H,3,5-6H2,1-2H3. The SMILES string of the molecule is CC(=O)CC1CC(=O)C=C(C)C1. The van der Waals surface area contributed by atoms with Gasteiger partial charge in [0.15, 0.2) is 5.78 Å². The van der Waals surface area contributed by atoms with Gasteiger partial charge in [0.2, 0.25) is 0 Å². The van der Waals surface area contributed by atoms with Crippen LogP contribution in [0.4, 0.5) is 0 Å². The minimum atomic E-state index is 0.171. The molecule has 0 saturated carbocycles. The highest BCUT2D eigenvalue weighted by Gasteiger charge is 2.19. The molecule has 0 heterocycles. The predicted octanol–water partition coefficient (Wildman–Crippen LogP) is 1.89. The number of ketones is 2. The Balaban J connectivity index is 2.55. The molecule has 0 aromatic heterocycles. The van der Waals surface area contributed by atoms with Crippen molar-refractivity contribution in [2.24, 2.45) is 5.92 Å². The number of hydrogen-bond acceptors (Lipinski definition) is 2. The third kappa shape index (κ3) is 2.61. The van der Waals surface area contributed by atoms with Crippen LogP contribution in [0.3, 0.4) is 0 Å². The second kappa shape index (κ2) is 3.65. The maximum absolute atomic E-state index is 11.1. The lowest BCUT2D eigenvalue weighted by Crippen LogP contribution is -2.15. The van der Waals surface area contributed by atoms with Gasteiger partial charge in [-0.3, -0.25) is 4.79 Å². The largest absolute Gasteiger partial charge is 0.300 e. The molecule has 2 heteroatoms. The molecular formula is C10H14O2. The van der Waals surface area contributed by atoms with Gasteiger partial charge in [-0.05, 0) is 32.3 Å². The summed E-state index contributed by atoms with van der Waals surface area (Å²) in [7, 11) is 0. The van der Waals surface area contributed by atoms with Gasteiger partial charge in [-0.1, -0.05) is 5.57 Å². The summed E-state index contributed by atoms with van der Waals surface area (Å²) in [6.07, 6.45) is 3.70. The number of rotatable bonds is 2. The van der Waals surface area contributed by atoms with Crippen molar-refractivity contribution in [2.45, 2.75) is 33.1 Å². The van der Waals surface area contributed by atoms with Crippen LogP contribution in [0, 0.1) is 5.92 Å². The van der Waals surface area contributed by atoms with E-state index in [1.165, 1.54) is 0 Å². The van der Waals surface area contributed by atoms with Gasteiger partial charge in [0.25, 0.3) is 0 Å². The number of carbonyl (C=O) groups is 2. The van der Waals surface area contributed by atoms with Crippen LogP contribution >= 0.6 is 0 Å². The highest BCUT2D eigenvalue weighted by Crippen LogP contribution is 2.24. The lowest BCUT2D eigenvalue weighted by atomic mass is 9.86. The molecule has 0 fully saturated rings. The first-order valence-electron chi connectivity index (χ1n) is 4.27. The summed E-state index contributed by atoms with van der Waals surface area (Å²) in [4.78, 5) is 21.9. The maximum Gasteiger partial charge on any atom is 0.155 e. The summed E-state index contributed by atoms with van der Waals surface area (Å²) >= 11 is 0. The number of hydrogen-bond donors (Lipinski definition) is 0. The van der Waals surface area contributed by atoms with E-state index in [9.17, 15) is 9.59 Å². The average Bonchev–Trinajstić information content (AvgIpc) is 1.81. The summed E-state index contributed by atoms with van der Waals surface area (Å²) in [5.41, 5.74) is 1.11. The molecule has 1 atom stereocenters. The monoisotopic (exact) mass is 166 g/mol. The van der Waals surface area contributed by atoms with Crippen LogP contribution in [0.1, 0.15) is 33.1 Å². The summed E-state index contributed by atoms with van der Waals surface area (Å²) in [5.74, 6) is 0.618. The second-order valence-corrected chi connectivity index (χ2v) is 3.64. The molecule has 12 heavy (non-hydrogen) atoms. The molecule has 0 saturated heterocycles. The summed E-state index contributed by atoms with van der Waals surface area (Å²) in [6, 6.07) is 0. The lowest BCUT2D eigenvalue weighted by Gasteiger charge is -2.18. The Kier molecular flexibility index (Phi) is 2.79. The highest BCUT2D eigenvalue weighted by molar-refractivity contribution is 5.91. The molecule has 0 spiro atoms. The quantitative estimate of drug-likeness (QED) is 0.627. The normalized spacial score (nSPS) is 23.7. The Morgan fingerprint density at radius 3 is 2.75 bits per heavy atom. The molecular weight excluding hydrogens is 152 g/mol. The van der Waals surface area contributed by atoms with Gasteiger partial charge in [0.1, 0.15) is 5.78 Å². The smallest absolute Gasteiger partial charge is 0.155 e. The minimum absolute atomic E-state index is 0.171. The molecule has 0 bridgehead atoms. The summed E-state index contributed by atoms with van der Waals surface area (Å²) in [5, 5.41) is 0. The molecule has 0 radical (unpaired) electrons. The van der Waals surface area contributed by atoms with Crippen molar-refractivity contribution in [1.82, 2.24) is 0 Å². The van der Waals surface area contributed by atoms with Gasteiger partial charge in [-0.2, -0.15) is 0 Å². The Labute approximate surface area is 72.7 Å². The fourth-order valence-electron chi connectivity index (χ4n) is 1.76. The van der Waals surface area contributed by atoms with E-state index in [1.807, 2.05) is 6.92 Å². The van der Waals surface area contributed by atoms with E-state index in [2.05, 4.69) is 0 Å². The number of allylic oxidation sites excluding steroid dienone is 2. The van der Waals surface area contributed by atoms with Crippen molar-refractivity contribution < 1.29 is 9.59 Å². The molecule has 0 aliphatic heterocycles. The minimum Gasteiger partial charge on any atom is -0.300 e. The zero-order valence-electron chi connectivity index (χ0n) is 7.59. The summed E-state index contributed by atoms with van der Waals surface area (Å²) in [6.45, 7) is 3.53. The van der Waals surface area contributed by atoms with E-state index in [4.69, 9.17) is 0 Å². The van der Waals surface area contributed by atoms with Crippen molar-refractivity contribution in [2.75, 3.05) is 0 Å². The molecule has 0 amide bonds. The molecule has 1 rings (SSSR count). The fraction of sp³-hybridized carbons (Fsp3) is 0.600. The van der Waals surface area contributed by atoms with Crippen molar-refractivity contribution in [3.8, 4) is 0 Å². The van der Waals surface area contributed by atoms with Crippen LogP contribution < -0.4 is 0 Å². The zero-order chi connectivity index (χ0) is 9.14. The third-order valence-corrected chi connectivity index (χ3v) is 2.08. The molecule has 0 N–H and O–H groups in total. The van der Waals surface area contributed by atoms with E-state index < -0.39 is 0 Å². The number of Topliss-reactive ketones (excluding diaryl/α,β-unsaturated/α-hetero) is 1. The van der Waals surface area contributed by atoms with Crippen molar-refractivity contribution >= 4 is 11.6 Å². The summed E-state index contributed by atoms with van der Waals surface area (Å²) < 4.78 is 0. The zero-order valence-corrected chi connectivity index (χ0v) is 7.59. The van der Waals surface area contributed by atoms with Crippen LogP contribution in [0.2, 0.25) is 0 Å². The van der Waals surface area contributed by atoms with Gasteiger partial charge in [0, 0.05) is 12.8 Å². The lowest BCUT2D eigenvalue weighted by molar-refractivity contribution is -0.119. The van der Waals surface area contributed by atoms with Gasteiger partial charge in [0.05, 0.1) is 0 Å². The van der Waals surface area contributed by atoms with Gasteiger partial charge >= 0.3 is 0 Å². The third-order valence-electron chi connectivity index (χ3n) is 2.08. The maximum atomic E-state index is 11.1. The Morgan fingerprint density at radius 1 is 1.58 bits per heavy atom.